The molecule has 0 unspecified atom stereocenters. The molecule has 0 saturated heterocycles. The van der Waals surface area contributed by atoms with Crippen LogP contribution in [-0.4, -0.2) is 22.0 Å². The van der Waals surface area contributed by atoms with Gasteiger partial charge in [-0.2, -0.15) is 0 Å². The van der Waals surface area contributed by atoms with E-state index in [0.29, 0.717) is 6.54 Å². The van der Waals surface area contributed by atoms with Crippen LogP contribution in [0.5, 0.6) is 0 Å². The predicted octanol–water partition coefficient (Wildman–Crippen LogP) is 3.74. The van der Waals surface area contributed by atoms with Crippen molar-refractivity contribution >= 4 is 17.2 Å². The molecule has 0 aliphatic rings. The standard InChI is InChI=1S/C18H19N3OS/c1-14-12-16(23-13-14)18(22)20-8-5-10-21-11-9-19-17(21)15-6-3-2-4-7-15/h2-4,6-7,9,11-13H,5,8,10H2,1H3,(H,20,22). The lowest BCUT2D eigenvalue weighted by molar-refractivity contribution is 0.0957. The molecule has 0 fully saturated rings. The topological polar surface area (TPSA) is 46.9 Å². The van der Waals surface area contributed by atoms with Crippen molar-refractivity contribution in [2.75, 3.05) is 6.54 Å². The Bertz CT molecular complexity index is 776. The van der Waals surface area contributed by atoms with Crippen molar-refractivity contribution in [3.63, 3.8) is 0 Å². The maximum atomic E-state index is 12.0. The number of aryl methyl sites for hydroxylation is 2. The van der Waals surface area contributed by atoms with Gasteiger partial charge in [-0.15, -0.1) is 11.3 Å². The van der Waals surface area contributed by atoms with E-state index in [1.54, 1.807) is 0 Å². The number of aromatic nitrogens is 2. The van der Waals surface area contributed by atoms with Crippen LogP contribution in [-0.2, 0) is 6.54 Å². The van der Waals surface area contributed by atoms with Gasteiger partial charge in [-0.3, -0.25) is 4.79 Å². The third-order valence-electron chi connectivity index (χ3n) is 3.56. The molecule has 1 amide bonds. The number of benzene rings is 1. The summed E-state index contributed by atoms with van der Waals surface area (Å²) < 4.78 is 2.12. The molecular weight excluding hydrogens is 306 g/mol. The highest BCUT2D eigenvalue weighted by Gasteiger charge is 2.08. The van der Waals surface area contributed by atoms with Crippen molar-refractivity contribution in [3.05, 3.63) is 64.6 Å². The summed E-state index contributed by atoms with van der Waals surface area (Å²) in [6.07, 6.45) is 4.66. The van der Waals surface area contributed by atoms with Crippen LogP contribution in [0.25, 0.3) is 11.4 Å². The Kier molecular flexibility index (Phi) is 4.88. The van der Waals surface area contributed by atoms with Crippen LogP contribution in [0.3, 0.4) is 0 Å². The van der Waals surface area contributed by atoms with Crippen LogP contribution in [0.15, 0.2) is 54.2 Å². The van der Waals surface area contributed by atoms with Crippen molar-refractivity contribution < 1.29 is 4.79 Å². The second-order valence-corrected chi connectivity index (χ2v) is 6.32. The summed E-state index contributed by atoms with van der Waals surface area (Å²) >= 11 is 1.49. The number of thiophene rings is 1. The van der Waals surface area contributed by atoms with E-state index in [4.69, 9.17) is 0 Å². The normalized spacial score (nSPS) is 10.7. The number of amides is 1. The first-order valence-electron chi connectivity index (χ1n) is 7.64. The van der Waals surface area contributed by atoms with Crippen LogP contribution in [0, 0.1) is 6.92 Å². The van der Waals surface area contributed by atoms with Crippen molar-refractivity contribution in [1.82, 2.24) is 14.9 Å². The average molecular weight is 325 g/mol. The highest BCUT2D eigenvalue weighted by molar-refractivity contribution is 7.12. The van der Waals surface area contributed by atoms with Gasteiger partial charge >= 0.3 is 0 Å². The number of hydrogen-bond donors (Lipinski definition) is 1. The first-order valence-corrected chi connectivity index (χ1v) is 8.52. The Labute approximate surface area is 139 Å². The Morgan fingerprint density at radius 2 is 2.13 bits per heavy atom. The molecule has 0 aliphatic heterocycles. The molecule has 5 heteroatoms. The average Bonchev–Trinajstić information content (AvgIpc) is 3.21. The van der Waals surface area contributed by atoms with Crippen LogP contribution in [0.4, 0.5) is 0 Å². The van der Waals surface area contributed by atoms with Gasteiger partial charge in [0, 0.05) is 31.0 Å². The van der Waals surface area contributed by atoms with Gasteiger partial charge in [0.2, 0.25) is 0 Å². The second kappa shape index (κ2) is 7.24. The molecule has 2 heterocycles. The number of rotatable bonds is 6. The molecule has 0 spiro atoms. The maximum Gasteiger partial charge on any atom is 0.261 e. The first-order chi connectivity index (χ1) is 11.2. The van der Waals surface area contributed by atoms with Gasteiger partial charge in [0.15, 0.2) is 0 Å². The van der Waals surface area contributed by atoms with Crippen molar-refractivity contribution in [3.8, 4) is 11.4 Å². The van der Waals surface area contributed by atoms with Crippen LogP contribution in [0.1, 0.15) is 21.7 Å². The number of nitrogens with zero attached hydrogens (tertiary/aromatic N) is 2. The molecule has 23 heavy (non-hydrogen) atoms. The van der Waals surface area contributed by atoms with Crippen LogP contribution >= 0.6 is 11.3 Å². The predicted molar refractivity (Wildman–Crippen MR) is 93.7 cm³/mol. The number of imidazole rings is 1. The Hall–Kier alpha value is -2.40. The van der Waals surface area contributed by atoms with E-state index in [1.165, 1.54) is 11.3 Å². The van der Waals surface area contributed by atoms with Gasteiger partial charge in [-0.25, -0.2) is 4.98 Å². The molecule has 3 rings (SSSR count). The van der Waals surface area contributed by atoms with E-state index in [0.717, 1.165) is 34.8 Å². The molecule has 3 aromatic rings. The molecule has 0 bridgehead atoms. The molecule has 0 aliphatic carbocycles. The van der Waals surface area contributed by atoms with E-state index < -0.39 is 0 Å². The minimum atomic E-state index is 0.0111. The summed E-state index contributed by atoms with van der Waals surface area (Å²) in [7, 11) is 0. The zero-order chi connectivity index (χ0) is 16.1. The second-order valence-electron chi connectivity index (χ2n) is 5.41. The largest absolute Gasteiger partial charge is 0.351 e. The molecule has 118 valence electrons. The lowest BCUT2D eigenvalue weighted by atomic mass is 10.2. The summed E-state index contributed by atoms with van der Waals surface area (Å²) in [6, 6.07) is 12.1. The smallest absolute Gasteiger partial charge is 0.261 e. The fraction of sp³-hybridized carbons (Fsp3) is 0.222. The lowest BCUT2D eigenvalue weighted by Crippen LogP contribution is -2.24. The van der Waals surface area contributed by atoms with Crippen molar-refractivity contribution in [2.24, 2.45) is 0 Å². The Balaban J connectivity index is 1.52. The van der Waals surface area contributed by atoms with E-state index in [-0.39, 0.29) is 5.91 Å². The summed E-state index contributed by atoms with van der Waals surface area (Å²) in [5.41, 5.74) is 2.24. The Morgan fingerprint density at radius 1 is 1.30 bits per heavy atom. The van der Waals surface area contributed by atoms with Gasteiger partial charge in [-0.05, 0) is 30.4 Å². The fourth-order valence-electron chi connectivity index (χ4n) is 2.43. The summed E-state index contributed by atoms with van der Waals surface area (Å²) in [5, 5.41) is 4.96. The molecule has 1 N–H and O–H groups in total. The minimum absolute atomic E-state index is 0.0111. The van der Waals surface area contributed by atoms with Gasteiger partial charge in [0.05, 0.1) is 4.88 Å². The maximum absolute atomic E-state index is 12.0. The van der Waals surface area contributed by atoms with Gasteiger partial charge in [0.25, 0.3) is 5.91 Å². The summed E-state index contributed by atoms with van der Waals surface area (Å²) in [4.78, 5) is 17.2. The number of carbonyl (C=O) groups is 1. The molecule has 4 nitrogen and oxygen atoms in total. The highest BCUT2D eigenvalue weighted by atomic mass is 32.1. The molecule has 0 atom stereocenters. The SMILES string of the molecule is Cc1csc(C(=O)NCCCn2ccnc2-c2ccccc2)c1. The van der Waals surface area contributed by atoms with Crippen molar-refractivity contribution in [1.29, 1.82) is 0 Å². The van der Waals surface area contributed by atoms with E-state index in [1.807, 2.05) is 49.0 Å². The molecular formula is C18H19N3OS. The zero-order valence-corrected chi connectivity index (χ0v) is 13.8. The van der Waals surface area contributed by atoms with Crippen LogP contribution in [0.2, 0.25) is 0 Å². The zero-order valence-electron chi connectivity index (χ0n) is 13.0. The third kappa shape index (κ3) is 3.87. The van der Waals surface area contributed by atoms with Crippen LogP contribution < -0.4 is 5.32 Å². The minimum Gasteiger partial charge on any atom is -0.351 e. The fourth-order valence-corrected chi connectivity index (χ4v) is 3.24. The van der Waals surface area contributed by atoms with E-state index in [2.05, 4.69) is 27.0 Å². The van der Waals surface area contributed by atoms with Gasteiger partial charge < -0.3 is 9.88 Å². The van der Waals surface area contributed by atoms with E-state index in [9.17, 15) is 4.79 Å². The molecule has 0 radical (unpaired) electrons. The van der Waals surface area contributed by atoms with Gasteiger partial charge in [0.1, 0.15) is 5.82 Å². The number of hydrogen-bond acceptors (Lipinski definition) is 3. The summed E-state index contributed by atoms with van der Waals surface area (Å²) in [6.45, 7) is 3.48. The lowest BCUT2D eigenvalue weighted by Gasteiger charge is -2.08. The first kappa shape index (κ1) is 15.5. The number of nitrogens with one attached hydrogen (secondary N) is 1. The van der Waals surface area contributed by atoms with E-state index >= 15 is 0 Å². The monoisotopic (exact) mass is 325 g/mol. The molecule has 2 aromatic heterocycles. The van der Waals surface area contributed by atoms with Crippen molar-refractivity contribution in [2.45, 2.75) is 19.9 Å². The quantitative estimate of drug-likeness (QED) is 0.702. The number of carbonyl (C=O) groups excluding carboxylic acids is 1. The Morgan fingerprint density at radius 3 is 2.87 bits per heavy atom. The highest BCUT2D eigenvalue weighted by Crippen LogP contribution is 2.17. The molecule has 0 saturated carbocycles. The van der Waals surface area contributed by atoms with Gasteiger partial charge in [-0.1, -0.05) is 30.3 Å². The molecule has 1 aromatic carbocycles. The third-order valence-corrected chi connectivity index (χ3v) is 4.61. The summed E-state index contributed by atoms with van der Waals surface area (Å²) in [5.74, 6) is 0.975.